The molecular formula is C21H33N3O2. The third-order valence-electron chi connectivity index (χ3n) is 5.96. The lowest BCUT2D eigenvalue weighted by atomic mass is 9.88. The standard InChI is InChI=1S/C21H33N3O2/c1-23(16-18-6-4-3-5-7-18)17-19-8-14-24(15-9-19)20(25)21(26-2)10-12-22-13-11-21/h3-7,19,22H,8-17H2,1-2H3. The normalized spacial score (nSPS) is 21.1. The van der Waals surface area contributed by atoms with Crippen molar-refractivity contribution < 1.29 is 9.53 Å². The number of methoxy groups -OCH3 is 1. The quantitative estimate of drug-likeness (QED) is 0.845. The first-order valence-electron chi connectivity index (χ1n) is 9.91. The van der Waals surface area contributed by atoms with Crippen molar-refractivity contribution in [2.75, 3.05) is 46.9 Å². The molecule has 1 amide bonds. The Bertz CT molecular complexity index is 564. The summed E-state index contributed by atoms with van der Waals surface area (Å²) in [6.45, 7) is 5.53. The van der Waals surface area contributed by atoms with Crippen molar-refractivity contribution in [3.8, 4) is 0 Å². The number of hydrogen-bond acceptors (Lipinski definition) is 4. The molecule has 3 rings (SSSR count). The molecule has 1 aromatic rings. The minimum Gasteiger partial charge on any atom is -0.368 e. The first-order chi connectivity index (χ1) is 12.6. The minimum absolute atomic E-state index is 0.206. The average Bonchev–Trinajstić information content (AvgIpc) is 2.69. The molecule has 2 aliphatic rings. The maximum Gasteiger partial charge on any atom is 0.254 e. The van der Waals surface area contributed by atoms with Gasteiger partial charge in [0.15, 0.2) is 0 Å². The molecule has 0 spiro atoms. The van der Waals surface area contributed by atoms with Crippen LogP contribution in [0, 0.1) is 5.92 Å². The van der Waals surface area contributed by atoms with Gasteiger partial charge in [0.05, 0.1) is 0 Å². The van der Waals surface area contributed by atoms with Crippen LogP contribution in [0.5, 0.6) is 0 Å². The molecule has 2 aliphatic heterocycles. The molecule has 0 aromatic heterocycles. The van der Waals surface area contributed by atoms with E-state index in [-0.39, 0.29) is 5.91 Å². The van der Waals surface area contributed by atoms with Gasteiger partial charge < -0.3 is 19.9 Å². The van der Waals surface area contributed by atoms with Crippen molar-refractivity contribution in [1.82, 2.24) is 15.1 Å². The first kappa shape index (κ1) is 19.3. The van der Waals surface area contributed by atoms with Crippen molar-refractivity contribution in [2.24, 2.45) is 5.92 Å². The molecule has 0 atom stereocenters. The zero-order valence-electron chi connectivity index (χ0n) is 16.2. The first-order valence-corrected chi connectivity index (χ1v) is 9.91. The Morgan fingerprint density at radius 1 is 1.23 bits per heavy atom. The highest BCUT2D eigenvalue weighted by atomic mass is 16.5. The third kappa shape index (κ3) is 4.64. The Labute approximate surface area is 157 Å². The molecule has 0 aliphatic carbocycles. The number of piperidine rings is 2. The maximum atomic E-state index is 13.0. The number of ether oxygens (including phenoxy) is 1. The molecule has 5 nitrogen and oxygen atoms in total. The van der Waals surface area contributed by atoms with Crippen LogP contribution in [-0.2, 0) is 16.1 Å². The van der Waals surface area contributed by atoms with Crippen LogP contribution in [-0.4, -0.2) is 68.2 Å². The molecule has 0 bridgehead atoms. The van der Waals surface area contributed by atoms with Crippen LogP contribution in [0.1, 0.15) is 31.2 Å². The fourth-order valence-corrected chi connectivity index (χ4v) is 4.34. The monoisotopic (exact) mass is 359 g/mol. The molecule has 26 heavy (non-hydrogen) atoms. The zero-order chi connectivity index (χ0) is 18.4. The smallest absolute Gasteiger partial charge is 0.254 e. The second-order valence-electron chi connectivity index (χ2n) is 7.87. The highest BCUT2D eigenvalue weighted by Crippen LogP contribution is 2.28. The number of nitrogens with zero attached hydrogens (tertiary/aromatic N) is 2. The fraction of sp³-hybridized carbons (Fsp3) is 0.667. The topological polar surface area (TPSA) is 44.8 Å². The number of likely N-dealkylation sites (tertiary alicyclic amines) is 1. The number of amides is 1. The second kappa shape index (κ2) is 8.98. The van der Waals surface area contributed by atoms with Crippen molar-refractivity contribution in [1.29, 1.82) is 0 Å². The fourth-order valence-electron chi connectivity index (χ4n) is 4.34. The summed E-state index contributed by atoms with van der Waals surface area (Å²) in [4.78, 5) is 17.5. The van der Waals surface area contributed by atoms with Gasteiger partial charge in [0, 0.05) is 33.3 Å². The Morgan fingerprint density at radius 2 is 1.88 bits per heavy atom. The van der Waals surface area contributed by atoms with Gasteiger partial charge >= 0.3 is 0 Å². The molecule has 144 valence electrons. The number of rotatable bonds is 6. The van der Waals surface area contributed by atoms with E-state index in [1.165, 1.54) is 5.56 Å². The average molecular weight is 360 g/mol. The molecule has 5 heteroatoms. The van der Waals surface area contributed by atoms with Gasteiger partial charge in [-0.05, 0) is 57.3 Å². The Balaban J connectivity index is 1.47. The Morgan fingerprint density at radius 3 is 2.50 bits per heavy atom. The highest BCUT2D eigenvalue weighted by Gasteiger charge is 2.43. The summed E-state index contributed by atoms with van der Waals surface area (Å²) < 4.78 is 5.71. The van der Waals surface area contributed by atoms with Gasteiger partial charge in [-0.1, -0.05) is 30.3 Å². The largest absolute Gasteiger partial charge is 0.368 e. The number of hydrogen-bond donors (Lipinski definition) is 1. The van der Waals surface area contributed by atoms with Crippen molar-refractivity contribution >= 4 is 5.91 Å². The predicted octanol–water partition coefficient (Wildman–Crippen LogP) is 2.13. The number of benzene rings is 1. The van der Waals surface area contributed by atoms with Gasteiger partial charge in [0.2, 0.25) is 0 Å². The Kier molecular flexibility index (Phi) is 6.68. The molecular weight excluding hydrogens is 326 g/mol. The van der Waals surface area contributed by atoms with E-state index in [0.29, 0.717) is 5.92 Å². The summed E-state index contributed by atoms with van der Waals surface area (Å²) in [5.74, 6) is 0.872. The highest BCUT2D eigenvalue weighted by molar-refractivity contribution is 5.85. The molecule has 2 heterocycles. The second-order valence-corrected chi connectivity index (χ2v) is 7.87. The van der Waals surface area contributed by atoms with Crippen LogP contribution >= 0.6 is 0 Å². The predicted molar refractivity (Wildman–Crippen MR) is 104 cm³/mol. The summed E-state index contributed by atoms with van der Waals surface area (Å²) in [6, 6.07) is 10.6. The van der Waals surface area contributed by atoms with Gasteiger partial charge in [-0.2, -0.15) is 0 Å². The maximum absolute atomic E-state index is 13.0. The van der Waals surface area contributed by atoms with Crippen molar-refractivity contribution in [2.45, 2.75) is 37.8 Å². The van der Waals surface area contributed by atoms with E-state index >= 15 is 0 Å². The lowest BCUT2D eigenvalue weighted by molar-refractivity contribution is -0.159. The summed E-state index contributed by atoms with van der Waals surface area (Å²) in [5.41, 5.74) is 0.762. The summed E-state index contributed by atoms with van der Waals surface area (Å²) in [5, 5.41) is 3.32. The van der Waals surface area contributed by atoms with E-state index in [4.69, 9.17) is 4.74 Å². The molecule has 0 radical (unpaired) electrons. The number of carbonyl (C=O) groups excluding carboxylic acids is 1. The van der Waals surface area contributed by atoms with Crippen LogP contribution in [0.2, 0.25) is 0 Å². The van der Waals surface area contributed by atoms with Gasteiger partial charge in [0.25, 0.3) is 5.91 Å². The van der Waals surface area contributed by atoms with Gasteiger partial charge in [-0.25, -0.2) is 0 Å². The summed E-state index contributed by atoms with van der Waals surface area (Å²) in [7, 11) is 3.88. The van der Waals surface area contributed by atoms with Gasteiger partial charge in [-0.15, -0.1) is 0 Å². The Hall–Kier alpha value is -1.43. The summed E-state index contributed by atoms with van der Waals surface area (Å²) in [6.07, 6.45) is 3.73. The molecule has 0 unspecified atom stereocenters. The van der Waals surface area contributed by atoms with E-state index in [1.54, 1.807) is 7.11 Å². The lowest BCUT2D eigenvalue weighted by Gasteiger charge is -2.41. The lowest BCUT2D eigenvalue weighted by Crippen LogP contribution is -2.56. The molecule has 2 fully saturated rings. The van der Waals surface area contributed by atoms with Crippen LogP contribution < -0.4 is 5.32 Å². The zero-order valence-corrected chi connectivity index (χ0v) is 16.2. The van der Waals surface area contributed by atoms with Crippen LogP contribution in [0.3, 0.4) is 0 Å². The summed E-state index contributed by atoms with van der Waals surface area (Å²) >= 11 is 0. The van der Waals surface area contributed by atoms with E-state index in [1.807, 2.05) is 4.90 Å². The minimum atomic E-state index is -0.595. The van der Waals surface area contributed by atoms with E-state index in [9.17, 15) is 4.79 Å². The van der Waals surface area contributed by atoms with E-state index < -0.39 is 5.60 Å². The van der Waals surface area contributed by atoms with Gasteiger partial charge in [-0.3, -0.25) is 4.79 Å². The van der Waals surface area contributed by atoms with Crippen LogP contribution in [0.15, 0.2) is 30.3 Å². The van der Waals surface area contributed by atoms with Crippen LogP contribution in [0.25, 0.3) is 0 Å². The number of nitrogens with one attached hydrogen (secondary N) is 1. The van der Waals surface area contributed by atoms with Crippen LogP contribution in [0.4, 0.5) is 0 Å². The van der Waals surface area contributed by atoms with Crippen molar-refractivity contribution in [3.05, 3.63) is 35.9 Å². The van der Waals surface area contributed by atoms with Gasteiger partial charge in [0.1, 0.15) is 5.60 Å². The molecule has 0 saturated carbocycles. The van der Waals surface area contributed by atoms with E-state index in [2.05, 4.69) is 47.6 Å². The SMILES string of the molecule is COC1(C(=O)N2CCC(CN(C)Cc3ccccc3)CC2)CCNCC1. The molecule has 1 aromatic carbocycles. The van der Waals surface area contributed by atoms with Crippen molar-refractivity contribution in [3.63, 3.8) is 0 Å². The number of carbonyl (C=O) groups is 1. The third-order valence-corrected chi connectivity index (χ3v) is 5.96. The van der Waals surface area contributed by atoms with E-state index in [0.717, 1.165) is 65.0 Å². The molecule has 2 saturated heterocycles. The molecule has 1 N–H and O–H groups in total.